The summed E-state index contributed by atoms with van der Waals surface area (Å²) >= 11 is 6.07. The van der Waals surface area contributed by atoms with Gasteiger partial charge in [0.25, 0.3) is 0 Å². The summed E-state index contributed by atoms with van der Waals surface area (Å²) in [5.41, 5.74) is 6.54. The van der Waals surface area contributed by atoms with Crippen molar-refractivity contribution in [2.75, 3.05) is 45.7 Å². The van der Waals surface area contributed by atoms with Gasteiger partial charge in [-0.05, 0) is 24.9 Å². The molecule has 1 heterocycles. The topological polar surface area (TPSA) is 76.8 Å². The molecule has 0 aliphatic carbocycles. The van der Waals surface area contributed by atoms with Gasteiger partial charge in [0.05, 0.1) is 24.9 Å². The Kier molecular flexibility index (Phi) is 6.32. The number of amides is 1. The Morgan fingerprint density at radius 1 is 1.38 bits per heavy atom. The second kappa shape index (κ2) is 8.05. The molecule has 0 radical (unpaired) electrons. The number of anilines is 1. The van der Waals surface area contributed by atoms with Crippen LogP contribution in [0.5, 0.6) is 11.5 Å². The maximum absolute atomic E-state index is 12.3. The van der Waals surface area contributed by atoms with Gasteiger partial charge in [-0.25, -0.2) is 0 Å². The summed E-state index contributed by atoms with van der Waals surface area (Å²) in [6, 6.07) is 3.30. The third-order valence-corrected chi connectivity index (χ3v) is 4.83. The third-order valence-electron chi connectivity index (χ3n) is 4.53. The fourth-order valence-electron chi connectivity index (χ4n) is 2.91. The van der Waals surface area contributed by atoms with Gasteiger partial charge in [-0.2, -0.15) is 0 Å². The molecule has 1 saturated heterocycles. The Morgan fingerprint density at radius 2 is 2.08 bits per heavy atom. The molecule has 1 aliphatic heterocycles. The SMILES string of the molecule is COc1cc(NC(=O)CCN2CCC(C)(CN)C2)c(OC)cc1Cl. The molecule has 1 aliphatic rings. The Hall–Kier alpha value is -1.50. The molecule has 1 atom stereocenters. The number of halogens is 1. The first kappa shape index (κ1) is 18.8. The molecule has 0 spiro atoms. The molecule has 0 aromatic heterocycles. The molecule has 0 saturated carbocycles. The van der Waals surface area contributed by atoms with E-state index in [0.717, 1.165) is 19.5 Å². The summed E-state index contributed by atoms with van der Waals surface area (Å²) in [6.45, 7) is 5.51. The van der Waals surface area contributed by atoms with E-state index >= 15 is 0 Å². The summed E-state index contributed by atoms with van der Waals surface area (Å²) < 4.78 is 10.5. The van der Waals surface area contributed by atoms with Gasteiger partial charge < -0.3 is 25.4 Å². The van der Waals surface area contributed by atoms with Crippen LogP contribution in [0.25, 0.3) is 0 Å². The summed E-state index contributed by atoms with van der Waals surface area (Å²) in [4.78, 5) is 14.5. The minimum Gasteiger partial charge on any atom is -0.495 e. The minimum absolute atomic E-state index is 0.0703. The molecular weight excluding hydrogens is 330 g/mol. The maximum atomic E-state index is 12.3. The average molecular weight is 356 g/mol. The number of benzene rings is 1. The van der Waals surface area contributed by atoms with Crippen molar-refractivity contribution in [2.24, 2.45) is 11.1 Å². The van der Waals surface area contributed by atoms with E-state index in [0.29, 0.717) is 41.7 Å². The predicted molar refractivity (Wildman–Crippen MR) is 96.0 cm³/mol. The van der Waals surface area contributed by atoms with Gasteiger partial charge in [0.1, 0.15) is 11.5 Å². The Bertz CT molecular complexity index is 597. The molecule has 3 N–H and O–H groups in total. The van der Waals surface area contributed by atoms with Crippen LogP contribution in [0.15, 0.2) is 12.1 Å². The Morgan fingerprint density at radius 3 is 2.67 bits per heavy atom. The van der Waals surface area contributed by atoms with Crippen molar-refractivity contribution < 1.29 is 14.3 Å². The first-order chi connectivity index (χ1) is 11.4. The summed E-state index contributed by atoms with van der Waals surface area (Å²) in [7, 11) is 3.06. The highest BCUT2D eigenvalue weighted by Crippen LogP contribution is 2.36. The molecule has 1 aromatic carbocycles. The molecule has 134 valence electrons. The van der Waals surface area contributed by atoms with Crippen LogP contribution in [-0.2, 0) is 4.79 Å². The first-order valence-electron chi connectivity index (χ1n) is 8.04. The van der Waals surface area contributed by atoms with Gasteiger partial charge in [-0.15, -0.1) is 0 Å². The summed E-state index contributed by atoms with van der Waals surface area (Å²) in [5.74, 6) is 0.927. The number of rotatable bonds is 7. The van der Waals surface area contributed by atoms with E-state index in [2.05, 4.69) is 17.1 Å². The highest BCUT2D eigenvalue weighted by molar-refractivity contribution is 6.32. The second-order valence-electron chi connectivity index (χ2n) is 6.53. The zero-order chi connectivity index (χ0) is 17.7. The van der Waals surface area contributed by atoms with Crippen LogP contribution in [0.3, 0.4) is 0 Å². The van der Waals surface area contributed by atoms with Crippen molar-refractivity contribution >= 4 is 23.2 Å². The fourth-order valence-corrected chi connectivity index (χ4v) is 3.14. The number of hydrogen-bond acceptors (Lipinski definition) is 5. The third kappa shape index (κ3) is 4.53. The lowest BCUT2D eigenvalue weighted by Gasteiger charge is -2.22. The quantitative estimate of drug-likeness (QED) is 0.785. The number of nitrogens with zero attached hydrogens (tertiary/aromatic N) is 1. The Balaban J connectivity index is 1.93. The van der Waals surface area contributed by atoms with Gasteiger partial charge in [0.2, 0.25) is 5.91 Å². The second-order valence-corrected chi connectivity index (χ2v) is 6.93. The zero-order valence-electron chi connectivity index (χ0n) is 14.5. The van der Waals surface area contributed by atoms with Crippen molar-refractivity contribution in [3.8, 4) is 11.5 Å². The average Bonchev–Trinajstić information content (AvgIpc) is 2.96. The Labute approximate surface area is 148 Å². The van der Waals surface area contributed by atoms with Crippen molar-refractivity contribution in [1.82, 2.24) is 4.90 Å². The number of carbonyl (C=O) groups is 1. The lowest BCUT2D eigenvalue weighted by Crippen LogP contribution is -2.32. The van der Waals surface area contributed by atoms with Gasteiger partial charge in [-0.1, -0.05) is 18.5 Å². The predicted octanol–water partition coefficient (Wildman–Crippen LogP) is 2.36. The highest BCUT2D eigenvalue weighted by atomic mass is 35.5. The smallest absolute Gasteiger partial charge is 0.225 e. The molecule has 1 aromatic rings. The lowest BCUT2D eigenvalue weighted by atomic mass is 9.90. The van der Waals surface area contributed by atoms with Crippen LogP contribution < -0.4 is 20.5 Å². The van der Waals surface area contributed by atoms with Crippen molar-refractivity contribution in [2.45, 2.75) is 19.8 Å². The first-order valence-corrected chi connectivity index (χ1v) is 8.42. The van der Waals surface area contributed by atoms with E-state index < -0.39 is 0 Å². The van der Waals surface area contributed by atoms with E-state index in [-0.39, 0.29) is 11.3 Å². The summed E-state index contributed by atoms with van der Waals surface area (Å²) in [5, 5.41) is 3.30. The molecule has 0 bridgehead atoms. The molecule has 1 unspecified atom stereocenters. The van der Waals surface area contributed by atoms with Crippen LogP contribution in [0, 0.1) is 5.41 Å². The van der Waals surface area contributed by atoms with Crippen molar-refractivity contribution in [3.63, 3.8) is 0 Å². The van der Waals surface area contributed by atoms with E-state index in [1.807, 2.05) is 0 Å². The van der Waals surface area contributed by atoms with Crippen LogP contribution in [0.4, 0.5) is 5.69 Å². The number of methoxy groups -OCH3 is 2. The standard InChI is InChI=1S/C17H26ClN3O3/c1-17(10-19)5-7-21(11-17)6-4-16(22)20-13-9-14(23-2)12(18)8-15(13)24-3/h8-9H,4-7,10-11,19H2,1-3H3,(H,20,22). The molecular formula is C17H26ClN3O3. The van der Waals surface area contributed by atoms with Crippen LogP contribution in [0.2, 0.25) is 5.02 Å². The van der Waals surface area contributed by atoms with Crippen molar-refractivity contribution in [3.05, 3.63) is 17.2 Å². The molecule has 1 fully saturated rings. The van der Waals surface area contributed by atoms with Gasteiger partial charge >= 0.3 is 0 Å². The normalized spacial score (nSPS) is 20.9. The van der Waals surface area contributed by atoms with Crippen molar-refractivity contribution in [1.29, 1.82) is 0 Å². The van der Waals surface area contributed by atoms with E-state index in [9.17, 15) is 4.79 Å². The molecule has 1 amide bonds. The molecule has 6 nitrogen and oxygen atoms in total. The van der Waals surface area contributed by atoms with E-state index in [4.69, 9.17) is 26.8 Å². The highest BCUT2D eigenvalue weighted by Gasteiger charge is 2.32. The van der Waals surface area contributed by atoms with Gasteiger partial charge in [-0.3, -0.25) is 4.79 Å². The number of ether oxygens (including phenoxy) is 2. The molecule has 2 rings (SSSR count). The largest absolute Gasteiger partial charge is 0.495 e. The maximum Gasteiger partial charge on any atom is 0.225 e. The van der Waals surface area contributed by atoms with Gasteiger partial charge in [0, 0.05) is 31.6 Å². The monoisotopic (exact) mass is 355 g/mol. The zero-order valence-corrected chi connectivity index (χ0v) is 15.3. The fraction of sp³-hybridized carbons (Fsp3) is 0.588. The molecule has 24 heavy (non-hydrogen) atoms. The molecule has 7 heteroatoms. The van der Waals surface area contributed by atoms with Crippen LogP contribution >= 0.6 is 11.6 Å². The minimum atomic E-state index is -0.0703. The van der Waals surface area contributed by atoms with Crippen LogP contribution in [-0.4, -0.2) is 51.2 Å². The number of carbonyl (C=O) groups excluding carboxylic acids is 1. The number of hydrogen-bond donors (Lipinski definition) is 2. The van der Waals surface area contributed by atoms with E-state index in [1.165, 1.54) is 14.2 Å². The van der Waals surface area contributed by atoms with Crippen LogP contribution in [0.1, 0.15) is 19.8 Å². The number of nitrogens with two attached hydrogens (primary N) is 1. The number of nitrogens with one attached hydrogen (secondary N) is 1. The van der Waals surface area contributed by atoms with Gasteiger partial charge in [0.15, 0.2) is 0 Å². The summed E-state index contributed by atoms with van der Waals surface area (Å²) in [6.07, 6.45) is 1.49. The lowest BCUT2D eigenvalue weighted by molar-refractivity contribution is -0.116. The van der Waals surface area contributed by atoms with E-state index in [1.54, 1.807) is 12.1 Å². The number of likely N-dealkylation sites (tertiary alicyclic amines) is 1.